The molecular formula is C24H21N3O3. The highest BCUT2D eigenvalue weighted by atomic mass is 16.5. The molecule has 0 radical (unpaired) electrons. The summed E-state index contributed by atoms with van der Waals surface area (Å²) in [5.41, 5.74) is 3.03. The van der Waals surface area contributed by atoms with Crippen molar-refractivity contribution in [2.45, 2.75) is 20.4 Å². The molecule has 1 aromatic heterocycles. The summed E-state index contributed by atoms with van der Waals surface area (Å²) in [6.45, 7) is 3.94. The van der Waals surface area contributed by atoms with Crippen LogP contribution >= 0.6 is 0 Å². The lowest BCUT2D eigenvalue weighted by atomic mass is 10.1. The second kappa shape index (κ2) is 8.21. The molecule has 4 rings (SSSR count). The van der Waals surface area contributed by atoms with Crippen LogP contribution in [0.15, 0.2) is 77.7 Å². The lowest BCUT2D eigenvalue weighted by molar-refractivity contribution is -0.116. The van der Waals surface area contributed by atoms with Crippen LogP contribution in [0.25, 0.3) is 10.9 Å². The van der Waals surface area contributed by atoms with E-state index in [1.807, 2.05) is 56.3 Å². The van der Waals surface area contributed by atoms with Crippen molar-refractivity contribution in [1.82, 2.24) is 9.78 Å². The first-order valence-electron chi connectivity index (χ1n) is 9.61. The summed E-state index contributed by atoms with van der Waals surface area (Å²) in [5, 5.41) is 7.53. The van der Waals surface area contributed by atoms with Crippen LogP contribution in [0.5, 0.6) is 11.5 Å². The average molecular weight is 399 g/mol. The summed E-state index contributed by atoms with van der Waals surface area (Å²) in [4.78, 5) is 24.7. The fourth-order valence-corrected chi connectivity index (χ4v) is 3.34. The predicted octanol–water partition coefficient (Wildman–Crippen LogP) is 4.44. The standard InChI is InChI=1S/C24H21N3O3/c1-16-8-7-9-17(2)24(16)30-22-13-6-4-11-19(22)26-23(29)15-27-20-12-5-3-10-18(20)21(28)14-25-27/h3-14H,15H2,1-2H3,(H,26,29). The Labute approximate surface area is 173 Å². The van der Waals surface area contributed by atoms with Gasteiger partial charge in [-0.3, -0.25) is 14.3 Å². The minimum atomic E-state index is -0.270. The van der Waals surface area contributed by atoms with Gasteiger partial charge in [-0.1, -0.05) is 42.5 Å². The van der Waals surface area contributed by atoms with E-state index in [0.717, 1.165) is 16.9 Å². The van der Waals surface area contributed by atoms with Crippen molar-refractivity contribution in [2.75, 3.05) is 5.32 Å². The van der Waals surface area contributed by atoms with Gasteiger partial charge in [-0.05, 0) is 49.2 Å². The van der Waals surface area contributed by atoms with Crippen molar-refractivity contribution < 1.29 is 9.53 Å². The average Bonchev–Trinajstić information content (AvgIpc) is 2.74. The minimum Gasteiger partial charge on any atom is -0.455 e. The van der Waals surface area contributed by atoms with Crippen molar-refractivity contribution in [3.8, 4) is 11.5 Å². The fourth-order valence-electron chi connectivity index (χ4n) is 3.34. The lowest BCUT2D eigenvalue weighted by Gasteiger charge is -2.16. The number of carbonyl (C=O) groups is 1. The van der Waals surface area contributed by atoms with Crippen molar-refractivity contribution in [3.63, 3.8) is 0 Å². The first-order valence-corrected chi connectivity index (χ1v) is 9.61. The molecule has 6 nitrogen and oxygen atoms in total. The van der Waals surface area contributed by atoms with Gasteiger partial charge < -0.3 is 10.1 Å². The third kappa shape index (κ3) is 3.93. The van der Waals surface area contributed by atoms with Crippen LogP contribution in [0.1, 0.15) is 11.1 Å². The van der Waals surface area contributed by atoms with Crippen molar-refractivity contribution in [2.24, 2.45) is 0 Å². The summed E-state index contributed by atoms with van der Waals surface area (Å²) in [6.07, 6.45) is 1.23. The number of hydrogen-bond donors (Lipinski definition) is 1. The predicted molar refractivity (Wildman–Crippen MR) is 117 cm³/mol. The van der Waals surface area contributed by atoms with Gasteiger partial charge in [-0.15, -0.1) is 0 Å². The molecule has 0 atom stereocenters. The summed E-state index contributed by atoms with van der Waals surface area (Å²) in [7, 11) is 0. The van der Waals surface area contributed by atoms with E-state index < -0.39 is 0 Å². The number of nitrogens with zero attached hydrogens (tertiary/aromatic N) is 2. The first kappa shape index (κ1) is 19.4. The maximum absolute atomic E-state index is 12.7. The van der Waals surface area contributed by atoms with E-state index in [2.05, 4.69) is 10.4 Å². The minimum absolute atomic E-state index is 0.0292. The van der Waals surface area contributed by atoms with Crippen LogP contribution in [-0.4, -0.2) is 15.7 Å². The normalized spacial score (nSPS) is 10.7. The molecule has 0 fully saturated rings. The molecular weight excluding hydrogens is 378 g/mol. The number of carbonyl (C=O) groups excluding carboxylic acids is 1. The summed E-state index contributed by atoms with van der Waals surface area (Å²) < 4.78 is 7.64. The van der Waals surface area contributed by atoms with E-state index in [1.54, 1.807) is 24.3 Å². The summed E-state index contributed by atoms with van der Waals surface area (Å²) in [6, 6.07) is 20.3. The molecule has 6 heteroatoms. The third-order valence-corrected chi connectivity index (χ3v) is 4.84. The number of aryl methyl sites for hydroxylation is 2. The number of ether oxygens (including phenoxy) is 1. The zero-order chi connectivity index (χ0) is 21.1. The monoisotopic (exact) mass is 399 g/mol. The van der Waals surface area contributed by atoms with Gasteiger partial charge in [0.15, 0.2) is 5.75 Å². The van der Waals surface area contributed by atoms with Gasteiger partial charge in [0, 0.05) is 5.39 Å². The quantitative estimate of drug-likeness (QED) is 0.538. The smallest absolute Gasteiger partial charge is 0.246 e. The maximum Gasteiger partial charge on any atom is 0.246 e. The highest BCUT2D eigenvalue weighted by Gasteiger charge is 2.13. The largest absolute Gasteiger partial charge is 0.455 e. The SMILES string of the molecule is Cc1cccc(C)c1Oc1ccccc1NC(=O)Cn1ncc(=O)c2ccccc21. The van der Waals surface area contributed by atoms with Gasteiger partial charge in [0.25, 0.3) is 0 Å². The molecule has 0 aliphatic carbocycles. The molecule has 0 bridgehead atoms. The third-order valence-electron chi connectivity index (χ3n) is 4.84. The molecule has 0 spiro atoms. The van der Waals surface area contributed by atoms with E-state index in [-0.39, 0.29) is 17.9 Å². The maximum atomic E-state index is 12.7. The number of nitrogens with one attached hydrogen (secondary N) is 1. The Morgan fingerprint density at radius 3 is 2.47 bits per heavy atom. The lowest BCUT2D eigenvalue weighted by Crippen LogP contribution is -2.22. The van der Waals surface area contributed by atoms with Crippen LogP contribution in [0.4, 0.5) is 5.69 Å². The Balaban J connectivity index is 1.58. The topological polar surface area (TPSA) is 73.2 Å². The molecule has 30 heavy (non-hydrogen) atoms. The second-order valence-corrected chi connectivity index (χ2v) is 7.05. The molecule has 1 heterocycles. The number of aromatic nitrogens is 2. The Morgan fingerprint density at radius 2 is 1.67 bits per heavy atom. The zero-order valence-electron chi connectivity index (χ0n) is 16.8. The molecule has 4 aromatic rings. The van der Waals surface area contributed by atoms with Gasteiger partial charge in [0.1, 0.15) is 12.3 Å². The number of anilines is 1. The van der Waals surface area contributed by atoms with Crippen LogP contribution in [0, 0.1) is 13.8 Å². The van der Waals surface area contributed by atoms with Crippen molar-refractivity contribution >= 4 is 22.5 Å². The second-order valence-electron chi connectivity index (χ2n) is 7.05. The number of fused-ring (bicyclic) bond motifs is 1. The molecule has 0 aliphatic rings. The number of rotatable bonds is 5. The Hall–Kier alpha value is -3.93. The van der Waals surface area contributed by atoms with Crippen LogP contribution in [0.3, 0.4) is 0 Å². The van der Waals surface area contributed by atoms with Gasteiger partial charge in [0.2, 0.25) is 11.3 Å². The Morgan fingerprint density at radius 1 is 0.967 bits per heavy atom. The van der Waals surface area contributed by atoms with Crippen molar-refractivity contribution in [3.05, 3.63) is 94.3 Å². The molecule has 1 N–H and O–H groups in total. The van der Waals surface area contributed by atoms with E-state index in [9.17, 15) is 9.59 Å². The molecule has 150 valence electrons. The molecule has 0 aliphatic heterocycles. The number of amides is 1. The van der Waals surface area contributed by atoms with E-state index in [4.69, 9.17) is 4.74 Å². The molecule has 0 unspecified atom stereocenters. The zero-order valence-corrected chi connectivity index (χ0v) is 16.8. The van der Waals surface area contributed by atoms with Gasteiger partial charge in [-0.25, -0.2) is 0 Å². The molecule has 3 aromatic carbocycles. The Bertz CT molecular complexity index is 1270. The van der Waals surface area contributed by atoms with E-state index in [0.29, 0.717) is 22.3 Å². The highest BCUT2D eigenvalue weighted by Crippen LogP contribution is 2.33. The highest BCUT2D eigenvalue weighted by molar-refractivity contribution is 5.93. The summed E-state index contributed by atoms with van der Waals surface area (Å²) >= 11 is 0. The molecule has 0 saturated carbocycles. The van der Waals surface area contributed by atoms with Gasteiger partial charge in [-0.2, -0.15) is 5.10 Å². The molecule has 0 saturated heterocycles. The molecule has 1 amide bonds. The van der Waals surface area contributed by atoms with Crippen LogP contribution in [-0.2, 0) is 11.3 Å². The van der Waals surface area contributed by atoms with Crippen LogP contribution < -0.4 is 15.5 Å². The number of para-hydroxylation sites is 4. The number of hydrogen-bond acceptors (Lipinski definition) is 4. The Kier molecular flexibility index (Phi) is 5.30. The van der Waals surface area contributed by atoms with E-state index >= 15 is 0 Å². The van der Waals surface area contributed by atoms with Gasteiger partial charge >= 0.3 is 0 Å². The van der Waals surface area contributed by atoms with Crippen molar-refractivity contribution in [1.29, 1.82) is 0 Å². The number of benzene rings is 3. The fraction of sp³-hybridized carbons (Fsp3) is 0.125. The first-order chi connectivity index (χ1) is 14.5. The summed E-state index contributed by atoms with van der Waals surface area (Å²) in [5.74, 6) is 1.06. The van der Waals surface area contributed by atoms with Crippen LogP contribution in [0.2, 0.25) is 0 Å². The van der Waals surface area contributed by atoms with E-state index in [1.165, 1.54) is 10.9 Å². The van der Waals surface area contributed by atoms with Gasteiger partial charge in [0.05, 0.1) is 17.4 Å².